The van der Waals surface area contributed by atoms with Crippen LogP contribution in [0.4, 0.5) is 4.39 Å². The van der Waals surface area contributed by atoms with Gasteiger partial charge in [-0.15, -0.1) is 0 Å². The smallest absolute Gasteiger partial charge is 0.128 e. The molecule has 1 aromatic carbocycles. The molecule has 84 valence electrons. The van der Waals surface area contributed by atoms with Crippen molar-refractivity contribution in [1.29, 1.82) is 0 Å². The number of rotatable bonds is 2. The normalized spacial score (nSPS) is 12.8. The van der Waals surface area contributed by atoms with Crippen molar-refractivity contribution in [2.75, 3.05) is 0 Å². The first-order valence-corrected chi connectivity index (χ1v) is 5.09. The summed E-state index contributed by atoms with van der Waals surface area (Å²) in [4.78, 5) is 0. The molecular weight excluding hydrogens is 205 g/mol. The number of aromatic nitrogens is 2. The van der Waals surface area contributed by atoms with E-state index in [1.807, 2.05) is 20.0 Å². The lowest BCUT2D eigenvalue weighted by Crippen LogP contribution is -2.14. The number of benzene rings is 1. The molecular formula is C12H14FN3. The summed E-state index contributed by atoms with van der Waals surface area (Å²) >= 11 is 0. The van der Waals surface area contributed by atoms with E-state index < -0.39 is 6.04 Å². The molecule has 3 nitrogen and oxygen atoms in total. The van der Waals surface area contributed by atoms with Gasteiger partial charge in [0, 0.05) is 18.8 Å². The number of aryl methyl sites for hydroxylation is 2. The quantitative estimate of drug-likeness (QED) is 0.838. The first kappa shape index (κ1) is 10.8. The van der Waals surface area contributed by atoms with Gasteiger partial charge in [-0.05, 0) is 24.6 Å². The lowest BCUT2D eigenvalue weighted by molar-refractivity contribution is 0.593. The lowest BCUT2D eigenvalue weighted by atomic mass is 10.0. The molecule has 0 bridgehead atoms. The molecule has 1 aromatic heterocycles. The maximum Gasteiger partial charge on any atom is 0.128 e. The molecule has 0 aliphatic heterocycles. The van der Waals surface area contributed by atoms with Crippen LogP contribution in [0.25, 0.3) is 0 Å². The largest absolute Gasteiger partial charge is 0.319 e. The van der Waals surface area contributed by atoms with Gasteiger partial charge in [0.15, 0.2) is 0 Å². The summed E-state index contributed by atoms with van der Waals surface area (Å²) in [6, 6.07) is 6.33. The van der Waals surface area contributed by atoms with Crippen molar-refractivity contribution >= 4 is 0 Å². The minimum Gasteiger partial charge on any atom is -0.319 e. The van der Waals surface area contributed by atoms with Crippen LogP contribution in [0.2, 0.25) is 0 Å². The van der Waals surface area contributed by atoms with E-state index in [4.69, 9.17) is 5.73 Å². The SMILES string of the molecule is Cc1ccc(C(N)c2ccn(C)n2)c(F)c1. The lowest BCUT2D eigenvalue weighted by Gasteiger charge is -2.10. The third-order valence-electron chi connectivity index (χ3n) is 2.54. The molecule has 1 unspecified atom stereocenters. The van der Waals surface area contributed by atoms with Crippen molar-refractivity contribution in [2.45, 2.75) is 13.0 Å². The fraction of sp³-hybridized carbons (Fsp3) is 0.250. The van der Waals surface area contributed by atoms with Crippen LogP contribution >= 0.6 is 0 Å². The first-order chi connectivity index (χ1) is 7.58. The fourth-order valence-corrected chi connectivity index (χ4v) is 1.64. The molecule has 16 heavy (non-hydrogen) atoms. The van der Waals surface area contributed by atoms with Gasteiger partial charge in [0.25, 0.3) is 0 Å². The summed E-state index contributed by atoms with van der Waals surface area (Å²) in [6.45, 7) is 1.85. The summed E-state index contributed by atoms with van der Waals surface area (Å²) in [7, 11) is 1.81. The van der Waals surface area contributed by atoms with Crippen molar-refractivity contribution in [1.82, 2.24) is 9.78 Å². The van der Waals surface area contributed by atoms with E-state index in [9.17, 15) is 4.39 Å². The summed E-state index contributed by atoms with van der Waals surface area (Å²) in [5, 5.41) is 4.18. The fourth-order valence-electron chi connectivity index (χ4n) is 1.64. The maximum absolute atomic E-state index is 13.7. The van der Waals surface area contributed by atoms with Gasteiger partial charge in [-0.3, -0.25) is 4.68 Å². The minimum absolute atomic E-state index is 0.279. The second-order valence-corrected chi connectivity index (χ2v) is 3.92. The highest BCUT2D eigenvalue weighted by Gasteiger charge is 2.15. The zero-order chi connectivity index (χ0) is 11.7. The Bertz CT molecular complexity index is 505. The highest BCUT2D eigenvalue weighted by Crippen LogP contribution is 2.21. The molecule has 0 spiro atoms. The van der Waals surface area contributed by atoms with Crippen LogP contribution < -0.4 is 5.73 Å². The molecule has 2 aromatic rings. The molecule has 0 saturated carbocycles. The Morgan fingerprint density at radius 1 is 1.38 bits per heavy atom. The van der Waals surface area contributed by atoms with E-state index in [0.717, 1.165) is 5.56 Å². The zero-order valence-corrected chi connectivity index (χ0v) is 9.31. The number of hydrogen-bond acceptors (Lipinski definition) is 2. The topological polar surface area (TPSA) is 43.8 Å². The summed E-state index contributed by atoms with van der Waals surface area (Å²) in [5.74, 6) is -0.279. The van der Waals surface area contributed by atoms with Gasteiger partial charge in [0.2, 0.25) is 0 Å². The van der Waals surface area contributed by atoms with Gasteiger partial charge in [-0.25, -0.2) is 4.39 Å². The summed E-state index contributed by atoms with van der Waals surface area (Å²) < 4.78 is 15.3. The van der Waals surface area contributed by atoms with E-state index in [1.165, 1.54) is 6.07 Å². The van der Waals surface area contributed by atoms with Crippen molar-refractivity contribution in [3.05, 3.63) is 53.1 Å². The van der Waals surface area contributed by atoms with Crippen LogP contribution in [0.15, 0.2) is 30.5 Å². The van der Waals surface area contributed by atoms with Crippen LogP contribution in [0, 0.1) is 12.7 Å². The van der Waals surface area contributed by atoms with E-state index in [2.05, 4.69) is 5.10 Å². The van der Waals surface area contributed by atoms with Crippen molar-refractivity contribution in [3.8, 4) is 0 Å². The molecule has 1 atom stereocenters. The van der Waals surface area contributed by atoms with E-state index in [1.54, 1.807) is 23.0 Å². The van der Waals surface area contributed by atoms with E-state index in [-0.39, 0.29) is 5.82 Å². The van der Waals surface area contributed by atoms with Gasteiger partial charge in [0.05, 0.1) is 11.7 Å². The van der Waals surface area contributed by atoms with Crippen LogP contribution in [-0.4, -0.2) is 9.78 Å². The average Bonchev–Trinajstić information content (AvgIpc) is 2.64. The zero-order valence-electron chi connectivity index (χ0n) is 9.31. The van der Waals surface area contributed by atoms with Crippen molar-refractivity contribution < 1.29 is 4.39 Å². The molecule has 0 radical (unpaired) electrons. The molecule has 0 aliphatic rings. The Morgan fingerprint density at radius 2 is 2.12 bits per heavy atom. The maximum atomic E-state index is 13.7. The van der Waals surface area contributed by atoms with Crippen LogP contribution in [0.1, 0.15) is 22.9 Å². The third kappa shape index (κ3) is 1.97. The standard InChI is InChI=1S/C12H14FN3/c1-8-3-4-9(10(13)7-8)12(14)11-5-6-16(2)15-11/h3-7,12H,14H2,1-2H3. The monoisotopic (exact) mass is 219 g/mol. The number of hydrogen-bond donors (Lipinski definition) is 1. The predicted octanol–water partition coefficient (Wildman–Crippen LogP) is 1.92. The van der Waals surface area contributed by atoms with Crippen LogP contribution in [0.5, 0.6) is 0 Å². The second kappa shape index (κ2) is 4.06. The van der Waals surface area contributed by atoms with Gasteiger partial charge in [-0.1, -0.05) is 12.1 Å². The van der Waals surface area contributed by atoms with Crippen LogP contribution in [0.3, 0.4) is 0 Å². The molecule has 1 heterocycles. The van der Waals surface area contributed by atoms with Gasteiger partial charge < -0.3 is 5.73 Å². The third-order valence-corrected chi connectivity index (χ3v) is 2.54. The number of nitrogens with zero attached hydrogens (tertiary/aromatic N) is 2. The van der Waals surface area contributed by atoms with Crippen LogP contribution in [-0.2, 0) is 7.05 Å². The molecule has 4 heteroatoms. The highest BCUT2D eigenvalue weighted by atomic mass is 19.1. The van der Waals surface area contributed by atoms with Crippen molar-refractivity contribution in [2.24, 2.45) is 12.8 Å². The molecule has 2 N–H and O–H groups in total. The summed E-state index contributed by atoms with van der Waals surface area (Å²) in [6.07, 6.45) is 1.79. The molecule has 0 amide bonds. The van der Waals surface area contributed by atoms with Gasteiger partial charge >= 0.3 is 0 Å². The molecule has 0 fully saturated rings. The van der Waals surface area contributed by atoms with E-state index in [0.29, 0.717) is 11.3 Å². The molecule has 2 rings (SSSR count). The minimum atomic E-state index is -0.512. The Kier molecular flexibility index (Phi) is 2.75. The first-order valence-electron chi connectivity index (χ1n) is 5.09. The highest BCUT2D eigenvalue weighted by molar-refractivity contribution is 5.30. The average molecular weight is 219 g/mol. The van der Waals surface area contributed by atoms with Crippen molar-refractivity contribution in [3.63, 3.8) is 0 Å². The molecule has 0 aliphatic carbocycles. The number of nitrogens with two attached hydrogens (primary N) is 1. The molecule has 0 saturated heterocycles. The van der Waals surface area contributed by atoms with E-state index >= 15 is 0 Å². The Labute approximate surface area is 93.7 Å². The predicted molar refractivity (Wildman–Crippen MR) is 60.4 cm³/mol. The second-order valence-electron chi connectivity index (χ2n) is 3.92. The Morgan fingerprint density at radius 3 is 2.69 bits per heavy atom. The number of halogens is 1. The van der Waals surface area contributed by atoms with Gasteiger partial charge in [0.1, 0.15) is 5.82 Å². The Hall–Kier alpha value is -1.68. The summed E-state index contributed by atoms with van der Waals surface area (Å²) in [5.41, 5.74) is 8.00. The van der Waals surface area contributed by atoms with Gasteiger partial charge in [-0.2, -0.15) is 5.10 Å². The Balaban J connectivity index is 2.37.